The fourth-order valence-corrected chi connectivity index (χ4v) is 34.3. The number of hydrogen-bond acceptors (Lipinski definition) is 6. The average molecular weight is 377 g/mol. The van der Waals surface area contributed by atoms with Gasteiger partial charge >= 0.3 is 0 Å². The summed E-state index contributed by atoms with van der Waals surface area (Å²) >= 11 is 0. The van der Waals surface area contributed by atoms with Crippen LogP contribution in [0.3, 0.4) is 0 Å². The Bertz CT molecular complexity index is 357. The second kappa shape index (κ2) is 5.93. The maximum absolute atomic E-state index is 4.02. The molecule has 2 rings (SSSR count). The van der Waals surface area contributed by atoms with E-state index < -0.39 is 53.4 Å². The Balaban J connectivity index is 2.19. The quantitative estimate of drug-likeness (QED) is 0.456. The number of rotatable bonds is 1. The first-order valence-electron chi connectivity index (χ1n) is 7.07. The Morgan fingerprint density at radius 2 is 1.35 bits per heavy atom. The molecular formula is C8H28N6Si6. The zero-order valence-corrected chi connectivity index (χ0v) is 19.9. The van der Waals surface area contributed by atoms with Crippen molar-refractivity contribution in [1.29, 1.82) is 0 Å². The zero-order valence-electron chi connectivity index (χ0n) is 13.9. The minimum Gasteiger partial charge on any atom is -0.337 e. The highest BCUT2D eigenvalue weighted by Crippen LogP contribution is 2.18. The maximum atomic E-state index is 4.02. The summed E-state index contributed by atoms with van der Waals surface area (Å²) in [6.45, 7) is 17.0. The molecule has 0 bridgehead atoms. The minimum atomic E-state index is -1.52. The lowest BCUT2D eigenvalue weighted by Gasteiger charge is -2.55. The van der Waals surface area contributed by atoms with Crippen LogP contribution >= 0.6 is 0 Å². The number of hydrogen-bond donors (Lipinski definition) is 4. The van der Waals surface area contributed by atoms with E-state index in [0.29, 0.717) is 0 Å². The zero-order chi connectivity index (χ0) is 15.3. The third-order valence-electron chi connectivity index (χ3n) is 3.83. The normalized spacial score (nSPS) is 31.8. The first-order valence-corrected chi connectivity index (χ1v) is 20.3. The van der Waals surface area contributed by atoms with Gasteiger partial charge in [0.05, 0.1) is 0 Å². The van der Waals surface area contributed by atoms with Crippen molar-refractivity contribution in [2.45, 2.75) is 45.8 Å². The van der Waals surface area contributed by atoms with Crippen molar-refractivity contribution in [2.75, 3.05) is 7.05 Å². The van der Waals surface area contributed by atoms with Crippen LogP contribution in [-0.2, 0) is 0 Å². The van der Waals surface area contributed by atoms with Gasteiger partial charge in [-0.25, -0.2) is 0 Å². The molecule has 0 aromatic heterocycles. The van der Waals surface area contributed by atoms with Crippen molar-refractivity contribution >= 4 is 53.4 Å². The molecule has 0 saturated carbocycles. The van der Waals surface area contributed by atoms with Gasteiger partial charge in [-0.05, 0) is 52.9 Å². The van der Waals surface area contributed by atoms with Crippen LogP contribution in [0.1, 0.15) is 0 Å². The van der Waals surface area contributed by atoms with Crippen LogP contribution in [-0.4, -0.2) is 68.6 Å². The molecule has 2 heterocycles. The molecule has 4 N–H and O–H groups in total. The van der Waals surface area contributed by atoms with Crippen LogP contribution in [0.2, 0.25) is 45.8 Å². The van der Waals surface area contributed by atoms with E-state index in [0.717, 1.165) is 0 Å². The Labute approximate surface area is 133 Å². The van der Waals surface area contributed by atoms with Crippen molar-refractivity contribution in [3.8, 4) is 0 Å². The third-order valence-corrected chi connectivity index (χ3v) is 30.5. The van der Waals surface area contributed by atoms with E-state index in [1.54, 1.807) is 0 Å². The molecule has 2 aliphatic rings. The lowest BCUT2D eigenvalue weighted by atomic mass is 11.6. The fraction of sp³-hybridized carbons (Fsp3) is 1.00. The van der Waals surface area contributed by atoms with Crippen LogP contribution in [0, 0.1) is 0 Å². The Morgan fingerprint density at radius 3 is 1.80 bits per heavy atom. The summed E-state index contributed by atoms with van der Waals surface area (Å²) in [5.41, 5.74) is 0. The lowest BCUT2D eigenvalue weighted by molar-refractivity contribution is 0.728. The first kappa shape index (κ1) is 17.4. The van der Waals surface area contributed by atoms with Crippen molar-refractivity contribution < 1.29 is 0 Å². The van der Waals surface area contributed by atoms with Crippen LogP contribution in [0.15, 0.2) is 0 Å². The van der Waals surface area contributed by atoms with E-state index in [-0.39, 0.29) is 0 Å². The molecule has 0 atom stereocenters. The highest BCUT2D eigenvalue weighted by Gasteiger charge is 2.51. The van der Waals surface area contributed by atoms with Gasteiger partial charge in [-0.2, -0.15) is 0 Å². The summed E-state index contributed by atoms with van der Waals surface area (Å²) in [7, 11) is -3.20. The van der Waals surface area contributed by atoms with Gasteiger partial charge in [0.1, 0.15) is 0 Å². The molecule has 114 valence electrons. The molecule has 0 spiro atoms. The second-order valence-electron chi connectivity index (χ2n) is 6.68. The van der Waals surface area contributed by atoms with Gasteiger partial charge < -0.3 is 26.7 Å². The largest absolute Gasteiger partial charge is 0.337 e. The summed E-state index contributed by atoms with van der Waals surface area (Å²) in [6, 6.07) is 0. The van der Waals surface area contributed by atoms with Gasteiger partial charge in [0.25, 0.3) is 9.28 Å². The summed E-state index contributed by atoms with van der Waals surface area (Å²) in [4.78, 5) is 0. The molecule has 2 saturated heterocycles. The van der Waals surface area contributed by atoms with Crippen LogP contribution in [0.4, 0.5) is 0 Å². The molecule has 12 heteroatoms. The SMILES string of the molecule is CN1[Si](C)N[Si](N2[Si](C)N[Si](C)(C)N[Si]2(C)C)N[Si]1C. The van der Waals surface area contributed by atoms with Gasteiger partial charge in [0.15, 0.2) is 16.8 Å². The van der Waals surface area contributed by atoms with E-state index in [2.05, 4.69) is 79.6 Å². The van der Waals surface area contributed by atoms with E-state index >= 15 is 0 Å². The van der Waals surface area contributed by atoms with Crippen LogP contribution < -0.4 is 18.6 Å². The molecule has 2 aliphatic heterocycles. The lowest BCUT2D eigenvalue weighted by Crippen LogP contribution is -2.91. The number of nitrogens with one attached hydrogen (secondary N) is 4. The van der Waals surface area contributed by atoms with E-state index in [9.17, 15) is 0 Å². The topological polar surface area (TPSA) is 54.6 Å². The molecular weight excluding hydrogens is 349 g/mol. The third kappa shape index (κ3) is 3.51. The van der Waals surface area contributed by atoms with Crippen molar-refractivity contribution in [3.63, 3.8) is 0 Å². The molecule has 6 nitrogen and oxygen atoms in total. The summed E-state index contributed by atoms with van der Waals surface area (Å²) in [5.74, 6) is 0. The molecule has 20 heavy (non-hydrogen) atoms. The maximum Gasteiger partial charge on any atom is 0.296 e. The molecule has 0 amide bonds. The summed E-state index contributed by atoms with van der Waals surface area (Å²) < 4.78 is 21.3. The molecule has 4 radical (unpaired) electrons. The van der Waals surface area contributed by atoms with Crippen molar-refractivity contribution in [1.82, 2.24) is 26.7 Å². The molecule has 2 fully saturated rings. The fourth-order valence-electron chi connectivity index (χ4n) is 3.13. The van der Waals surface area contributed by atoms with Crippen molar-refractivity contribution in [3.05, 3.63) is 0 Å². The van der Waals surface area contributed by atoms with Crippen LogP contribution in [0.5, 0.6) is 0 Å². The van der Waals surface area contributed by atoms with Gasteiger partial charge in [-0.3, -0.25) is 0 Å². The summed E-state index contributed by atoms with van der Waals surface area (Å²) in [5, 5.41) is 0. The first-order chi connectivity index (χ1) is 9.03. The van der Waals surface area contributed by atoms with E-state index in [4.69, 9.17) is 0 Å². The molecule has 0 aromatic rings. The van der Waals surface area contributed by atoms with Gasteiger partial charge in [-0.1, -0.05) is 0 Å². The van der Waals surface area contributed by atoms with E-state index in [1.807, 2.05) is 0 Å². The predicted octanol–water partition coefficient (Wildman–Crippen LogP) is -0.652. The Hall–Kier alpha value is 1.06. The van der Waals surface area contributed by atoms with Crippen LogP contribution in [0.25, 0.3) is 0 Å². The minimum absolute atomic E-state index is 0.553. The van der Waals surface area contributed by atoms with E-state index in [1.165, 1.54) is 0 Å². The molecule has 0 unspecified atom stereocenters. The monoisotopic (exact) mass is 376 g/mol. The molecule has 0 aromatic carbocycles. The van der Waals surface area contributed by atoms with Gasteiger partial charge in [-0.15, -0.1) is 0 Å². The van der Waals surface area contributed by atoms with Crippen molar-refractivity contribution in [2.24, 2.45) is 0 Å². The standard InChI is InChI=1S/C8H28N6Si6/c1-13-15(2)9-18(10-16(13)3)14-17(4)11-19(5,6)12-20(14,7)8/h9-12H,1-8H3. The highest BCUT2D eigenvalue weighted by atomic mass is 28.5. The summed E-state index contributed by atoms with van der Waals surface area (Å²) in [6.07, 6.45) is 0. The predicted molar refractivity (Wildman–Crippen MR) is 97.7 cm³/mol. The average Bonchev–Trinajstić information content (AvgIpc) is 2.21. The smallest absolute Gasteiger partial charge is 0.296 e. The highest BCUT2D eigenvalue weighted by molar-refractivity contribution is 7.06. The second-order valence-corrected chi connectivity index (χ2v) is 25.7. The van der Waals surface area contributed by atoms with Gasteiger partial charge in [0, 0.05) is 0 Å². The Morgan fingerprint density at radius 1 is 0.850 bits per heavy atom. The van der Waals surface area contributed by atoms with Gasteiger partial charge in [0.2, 0.25) is 27.4 Å². The molecule has 0 aliphatic carbocycles. The Kier molecular flexibility index (Phi) is 5.16. The number of nitrogens with zero attached hydrogens (tertiary/aromatic N) is 2.